The van der Waals surface area contributed by atoms with Crippen LogP contribution in [0.4, 0.5) is 19.0 Å². The Kier molecular flexibility index (Phi) is 3.16. The Bertz CT molecular complexity index is 415. The monoisotopic (exact) mass is 233 g/mol. The predicted molar refractivity (Wildman–Crippen MR) is 51.4 cm³/mol. The van der Waals surface area contributed by atoms with E-state index in [1.165, 1.54) is 25.9 Å². The van der Waals surface area contributed by atoms with Crippen molar-refractivity contribution in [3.8, 4) is 0 Å². The molecule has 0 atom stereocenters. The number of alkyl halides is 3. The molecule has 1 aromatic heterocycles. The highest BCUT2D eigenvalue weighted by molar-refractivity contribution is 5.98. The highest BCUT2D eigenvalue weighted by Crippen LogP contribution is 2.28. The lowest BCUT2D eigenvalue weighted by atomic mass is 10.2. The average molecular weight is 233 g/mol. The second-order valence-electron chi connectivity index (χ2n) is 3.38. The molecule has 0 aliphatic heterocycles. The summed E-state index contributed by atoms with van der Waals surface area (Å²) in [5.41, 5.74) is 0.0676. The SMILES string of the molecule is CC(=O)c1cnc(C(F)(F)F)nc1N(C)C. The Hall–Kier alpha value is -1.66. The molecule has 0 saturated carbocycles. The largest absolute Gasteiger partial charge is 0.451 e. The van der Waals surface area contributed by atoms with E-state index in [0.717, 1.165) is 6.20 Å². The first-order chi connectivity index (χ1) is 7.23. The van der Waals surface area contributed by atoms with Crippen molar-refractivity contribution in [3.05, 3.63) is 17.6 Å². The minimum atomic E-state index is -4.61. The minimum Gasteiger partial charge on any atom is -0.362 e. The molecule has 0 saturated heterocycles. The van der Waals surface area contributed by atoms with Crippen molar-refractivity contribution in [2.24, 2.45) is 0 Å². The molecule has 0 aliphatic carbocycles. The van der Waals surface area contributed by atoms with Gasteiger partial charge in [0.25, 0.3) is 0 Å². The number of Topliss-reactive ketones (excluding diaryl/α,β-unsaturated/α-hetero) is 1. The Labute approximate surface area is 90.1 Å². The molecule has 0 radical (unpaired) electrons. The first-order valence-electron chi connectivity index (χ1n) is 4.36. The van der Waals surface area contributed by atoms with Gasteiger partial charge in [-0.15, -0.1) is 0 Å². The van der Waals surface area contributed by atoms with E-state index in [1.54, 1.807) is 0 Å². The van der Waals surface area contributed by atoms with Crippen LogP contribution >= 0.6 is 0 Å². The lowest BCUT2D eigenvalue weighted by Crippen LogP contribution is -2.20. The molecule has 0 aliphatic rings. The van der Waals surface area contributed by atoms with E-state index < -0.39 is 12.0 Å². The highest BCUT2D eigenvalue weighted by Gasteiger charge is 2.35. The summed E-state index contributed by atoms with van der Waals surface area (Å²) in [7, 11) is 3.02. The molecular weight excluding hydrogens is 223 g/mol. The molecule has 1 aromatic rings. The van der Waals surface area contributed by atoms with Crippen LogP contribution < -0.4 is 4.90 Å². The summed E-state index contributed by atoms with van der Waals surface area (Å²) in [6, 6.07) is 0. The van der Waals surface area contributed by atoms with Gasteiger partial charge < -0.3 is 4.90 Å². The van der Waals surface area contributed by atoms with Gasteiger partial charge in [0.15, 0.2) is 5.78 Å². The van der Waals surface area contributed by atoms with Crippen molar-refractivity contribution < 1.29 is 18.0 Å². The number of ketones is 1. The summed E-state index contributed by atoms with van der Waals surface area (Å²) in [6.45, 7) is 1.25. The van der Waals surface area contributed by atoms with Gasteiger partial charge in [-0.1, -0.05) is 0 Å². The third-order valence-electron chi connectivity index (χ3n) is 1.83. The van der Waals surface area contributed by atoms with Crippen molar-refractivity contribution in [1.29, 1.82) is 0 Å². The molecule has 1 heterocycles. The van der Waals surface area contributed by atoms with E-state index in [4.69, 9.17) is 0 Å². The van der Waals surface area contributed by atoms with Gasteiger partial charge in [0.2, 0.25) is 5.82 Å². The quantitative estimate of drug-likeness (QED) is 0.730. The summed E-state index contributed by atoms with van der Waals surface area (Å²) in [6.07, 6.45) is -3.71. The Balaban J connectivity index is 3.34. The van der Waals surface area contributed by atoms with Crippen molar-refractivity contribution in [1.82, 2.24) is 9.97 Å². The van der Waals surface area contributed by atoms with Gasteiger partial charge >= 0.3 is 6.18 Å². The van der Waals surface area contributed by atoms with Gasteiger partial charge in [-0.3, -0.25) is 4.79 Å². The summed E-state index contributed by atoms with van der Waals surface area (Å²) in [4.78, 5) is 18.9. The zero-order chi connectivity index (χ0) is 12.5. The van der Waals surface area contributed by atoms with Crippen LogP contribution in [0, 0.1) is 0 Å². The molecule has 0 amide bonds. The maximum absolute atomic E-state index is 12.3. The summed E-state index contributed by atoms with van der Waals surface area (Å²) < 4.78 is 37.0. The lowest BCUT2D eigenvalue weighted by molar-refractivity contribution is -0.144. The van der Waals surface area contributed by atoms with Crippen molar-refractivity contribution in [2.75, 3.05) is 19.0 Å². The van der Waals surface area contributed by atoms with Gasteiger partial charge in [-0.2, -0.15) is 13.2 Å². The van der Waals surface area contributed by atoms with E-state index in [9.17, 15) is 18.0 Å². The van der Waals surface area contributed by atoms with Crippen LogP contribution in [0.3, 0.4) is 0 Å². The molecule has 0 spiro atoms. The first-order valence-corrected chi connectivity index (χ1v) is 4.36. The Morgan fingerprint density at radius 3 is 2.31 bits per heavy atom. The smallest absolute Gasteiger partial charge is 0.362 e. The molecule has 0 bridgehead atoms. The summed E-state index contributed by atoms with van der Waals surface area (Å²) in [5, 5.41) is 0. The van der Waals surface area contributed by atoms with Crippen LogP contribution in [0.15, 0.2) is 6.20 Å². The third-order valence-corrected chi connectivity index (χ3v) is 1.83. The number of halogens is 3. The van der Waals surface area contributed by atoms with Crippen molar-refractivity contribution in [2.45, 2.75) is 13.1 Å². The first kappa shape index (κ1) is 12.4. The Morgan fingerprint density at radius 2 is 1.94 bits per heavy atom. The molecule has 16 heavy (non-hydrogen) atoms. The number of hydrogen-bond donors (Lipinski definition) is 0. The topological polar surface area (TPSA) is 46.1 Å². The molecule has 0 fully saturated rings. The molecule has 88 valence electrons. The van der Waals surface area contributed by atoms with Crippen LogP contribution in [0.2, 0.25) is 0 Å². The number of anilines is 1. The summed E-state index contributed by atoms with van der Waals surface area (Å²) in [5.74, 6) is -1.66. The van der Waals surface area contributed by atoms with Crippen LogP contribution in [-0.4, -0.2) is 29.8 Å². The molecule has 0 N–H and O–H groups in total. The number of aromatic nitrogens is 2. The number of carbonyl (C=O) groups is 1. The molecule has 7 heteroatoms. The van der Waals surface area contributed by atoms with E-state index in [-0.39, 0.29) is 17.2 Å². The molecular formula is C9H10F3N3O. The van der Waals surface area contributed by atoms with Crippen LogP contribution in [0.1, 0.15) is 23.1 Å². The van der Waals surface area contributed by atoms with Gasteiger partial charge in [0.05, 0.1) is 5.56 Å². The zero-order valence-corrected chi connectivity index (χ0v) is 8.96. The zero-order valence-electron chi connectivity index (χ0n) is 8.96. The molecule has 0 unspecified atom stereocenters. The van der Waals surface area contributed by atoms with E-state index in [0.29, 0.717) is 0 Å². The van der Waals surface area contributed by atoms with Gasteiger partial charge in [0, 0.05) is 20.3 Å². The number of carbonyl (C=O) groups excluding carboxylic acids is 1. The minimum absolute atomic E-state index is 0.0326. The maximum Gasteiger partial charge on any atom is 0.451 e. The second kappa shape index (κ2) is 4.07. The maximum atomic E-state index is 12.3. The number of hydrogen-bond acceptors (Lipinski definition) is 4. The van der Waals surface area contributed by atoms with Gasteiger partial charge in [0.1, 0.15) is 5.82 Å². The standard InChI is InChI=1S/C9H10F3N3O/c1-5(16)6-4-13-8(9(10,11)12)14-7(6)15(2)3/h4H,1-3H3. The van der Waals surface area contributed by atoms with Gasteiger partial charge in [-0.05, 0) is 6.92 Å². The highest BCUT2D eigenvalue weighted by atomic mass is 19.4. The van der Waals surface area contributed by atoms with Crippen LogP contribution in [-0.2, 0) is 6.18 Å². The van der Waals surface area contributed by atoms with E-state index in [2.05, 4.69) is 9.97 Å². The van der Waals surface area contributed by atoms with Crippen LogP contribution in [0.25, 0.3) is 0 Å². The average Bonchev–Trinajstić information content (AvgIpc) is 2.15. The number of nitrogens with zero attached hydrogens (tertiary/aromatic N) is 3. The fourth-order valence-electron chi connectivity index (χ4n) is 1.10. The fraction of sp³-hybridized carbons (Fsp3) is 0.444. The normalized spacial score (nSPS) is 11.4. The lowest BCUT2D eigenvalue weighted by Gasteiger charge is -2.16. The second-order valence-corrected chi connectivity index (χ2v) is 3.38. The van der Waals surface area contributed by atoms with Crippen molar-refractivity contribution in [3.63, 3.8) is 0 Å². The van der Waals surface area contributed by atoms with Crippen molar-refractivity contribution >= 4 is 11.6 Å². The van der Waals surface area contributed by atoms with E-state index >= 15 is 0 Å². The molecule has 4 nitrogen and oxygen atoms in total. The number of rotatable bonds is 2. The van der Waals surface area contributed by atoms with Gasteiger partial charge in [-0.25, -0.2) is 9.97 Å². The summed E-state index contributed by atoms with van der Waals surface area (Å²) >= 11 is 0. The third kappa shape index (κ3) is 2.47. The van der Waals surface area contributed by atoms with Crippen LogP contribution in [0.5, 0.6) is 0 Å². The van der Waals surface area contributed by atoms with E-state index in [1.807, 2.05) is 0 Å². The molecule has 0 aromatic carbocycles. The predicted octanol–water partition coefficient (Wildman–Crippen LogP) is 1.76. The fourth-order valence-corrected chi connectivity index (χ4v) is 1.10. The Morgan fingerprint density at radius 1 is 1.38 bits per heavy atom. The molecule has 1 rings (SSSR count).